The lowest BCUT2D eigenvalue weighted by Crippen LogP contribution is -2.35. The fourth-order valence-corrected chi connectivity index (χ4v) is 4.63. The lowest BCUT2D eigenvalue weighted by molar-refractivity contribution is 0.0342. The highest BCUT2D eigenvalue weighted by atomic mass is 79.9. The Kier molecular flexibility index (Phi) is 6.54. The molecule has 0 amide bonds. The monoisotopic (exact) mass is 500 g/mol. The summed E-state index contributed by atoms with van der Waals surface area (Å²) in [7, 11) is 0. The molecule has 0 atom stereocenters. The summed E-state index contributed by atoms with van der Waals surface area (Å²) in [6, 6.07) is 9.12. The van der Waals surface area contributed by atoms with E-state index in [1.165, 1.54) is 5.56 Å². The van der Waals surface area contributed by atoms with Crippen LogP contribution in [0.4, 0.5) is 17.6 Å². The van der Waals surface area contributed by atoms with Crippen LogP contribution in [0.15, 0.2) is 34.9 Å². The molecule has 0 bridgehead atoms. The lowest BCUT2D eigenvalue weighted by atomic mass is 9.92. The Hall–Kier alpha value is -2.27. The van der Waals surface area contributed by atoms with Gasteiger partial charge >= 0.3 is 0 Å². The number of nitrogens with one attached hydrogen (secondary N) is 2. The van der Waals surface area contributed by atoms with Gasteiger partial charge in [-0.15, -0.1) is 0 Å². The van der Waals surface area contributed by atoms with Crippen LogP contribution in [-0.4, -0.2) is 62.9 Å². The number of rotatable bonds is 6. The molecule has 3 heterocycles. The van der Waals surface area contributed by atoms with E-state index in [0.717, 1.165) is 74.3 Å². The highest BCUT2D eigenvalue weighted by Gasteiger charge is 2.20. The zero-order chi connectivity index (χ0) is 21.9. The molecule has 2 aliphatic rings. The molecule has 0 unspecified atom stereocenters. The van der Waals surface area contributed by atoms with Gasteiger partial charge in [-0.3, -0.25) is 4.90 Å². The van der Waals surface area contributed by atoms with E-state index in [2.05, 4.69) is 65.8 Å². The number of fused-ring (bicyclic) bond motifs is 1. The fraction of sp³-hybridized carbons (Fsp3) is 0.500. The largest absolute Gasteiger partial charge is 0.379 e. The quantitative estimate of drug-likeness (QED) is 0.473. The molecule has 5 rings (SSSR count). The molecule has 32 heavy (non-hydrogen) atoms. The Morgan fingerprint density at radius 1 is 1.06 bits per heavy atom. The Balaban J connectivity index is 1.32. The van der Waals surface area contributed by atoms with Crippen LogP contribution in [-0.2, 0) is 11.3 Å². The maximum Gasteiger partial charge on any atom is 0.233 e. The molecule has 2 fully saturated rings. The number of hydrogen-bond acceptors (Lipinski definition) is 8. The number of aromatic nitrogens is 4. The van der Waals surface area contributed by atoms with E-state index in [0.29, 0.717) is 24.0 Å². The zero-order valence-electron chi connectivity index (χ0n) is 18.0. The third-order valence-electron chi connectivity index (χ3n) is 6.15. The van der Waals surface area contributed by atoms with Gasteiger partial charge in [-0.25, -0.2) is 0 Å². The van der Waals surface area contributed by atoms with Crippen LogP contribution in [0.2, 0.25) is 0 Å². The molecule has 1 saturated heterocycles. The number of anilines is 3. The molecule has 1 saturated carbocycles. The third kappa shape index (κ3) is 5.03. The predicted molar refractivity (Wildman–Crippen MR) is 128 cm³/mol. The van der Waals surface area contributed by atoms with Gasteiger partial charge in [-0.2, -0.15) is 19.6 Å². The van der Waals surface area contributed by atoms with Crippen molar-refractivity contribution >= 4 is 39.2 Å². The number of nitrogens with zero attached hydrogens (tertiary/aromatic N) is 5. The molecule has 1 aliphatic heterocycles. The van der Waals surface area contributed by atoms with Crippen LogP contribution in [0.25, 0.3) is 5.65 Å². The van der Waals surface area contributed by atoms with Crippen LogP contribution in [0, 0.1) is 0 Å². The van der Waals surface area contributed by atoms with Crippen LogP contribution in [0.1, 0.15) is 31.2 Å². The van der Waals surface area contributed by atoms with E-state index >= 15 is 0 Å². The van der Waals surface area contributed by atoms with E-state index in [-0.39, 0.29) is 0 Å². The maximum atomic E-state index is 6.05. The van der Waals surface area contributed by atoms with Gasteiger partial charge in [-0.05, 0) is 59.3 Å². The summed E-state index contributed by atoms with van der Waals surface area (Å²) in [6.45, 7) is 4.53. The summed E-state index contributed by atoms with van der Waals surface area (Å²) in [5.41, 5.74) is 9.01. The molecule has 0 radical (unpaired) electrons. The van der Waals surface area contributed by atoms with Crippen molar-refractivity contribution in [3.05, 3.63) is 40.5 Å². The van der Waals surface area contributed by atoms with E-state index < -0.39 is 0 Å². The Morgan fingerprint density at radius 3 is 2.56 bits per heavy atom. The Labute approximate surface area is 195 Å². The smallest absolute Gasteiger partial charge is 0.233 e. The van der Waals surface area contributed by atoms with Gasteiger partial charge in [0.1, 0.15) is 0 Å². The van der Waals surface area contributed by atoms with Gasteiger partial charge < -0.3 is 21.1 Å². The molecule has 0 spiro atoms. The van der Waals surface area contributed by atoms with Gasteiger partial charge in [0, 0.05) is 37.4 Å². The first-order chi connectivity index (χ1) is 15.6. The second kappa shape index (κ2) is 9.70. The topological polar surface area (TPSA) is 106 Å². The maximum absolute atomic E-state index is 6.05. The minimum absolute atomic E-state index is 0.309. The summed E-state index contributed by atoms with van der Waals surface area (Å²) < 4.78 is 7.98. The number of ether oxygens (including phenoxy) is 1. The fourth-order valence-electron chi connectivity index (χ4n) is 4.28. The van der Waals surface area contributed by atoms with Crippen molar-refractivity contribution < 1.29 is 4.74 Å². The average Bonchev–Trinajstić information content (AvgIpc) is 3.18. The van der Waals surface area contributed by atoms with Crippen molar-refractivity contribution in [1.82, 2.24) is 24.5 Å². The summed E-state index contributed by atoms with van der Waals surface area (Å²) >= 11 is 3.55. The van der Waals surface area contributed by atoms with Gasteiger partial charge in [0.25, 0.3) is 0 Å². The highest BCUT2D eigenvalue weighted by molar-refractivity contribution is 9.10. The highest BCUT2D eigenvalue weighted by Crippen LogP contribution is 2.25. The molecule has 10 heteroatoms. The average molecular weight is 501 g/mol. The second-order valence-electron chi connectivity index (χ2n) is 8.57. The summed E-state index contributed by atoms with van der Waals surface area (Å²) in [6.07, 6.45) is 5.85. The standard InChI is InChI=1S/C22H29BrN8O/c23-19-13-25-31-20(19)28-21(26-17-7-3-16(24)4-8-17)29-22(31)27-18-5-1-15(2-6-18)14-30-9-11-32-12-10-30/h1-2,5-6,13,16-17H,3-4,7-12,14,24H2,(H2,26,27,28,29). The molecule has 4 N–H and O–H groups in total. The van der Waals surface area contributed by atoms with E-state index in [1.54, 1.807) is 10.7 Å². The third-order valence-corrected chi connectivity index (χ3v) is 6.71. The lowest BCUT2D eigenvalue weighted by Gasteiger charge is -2.27. The van der Waals surface area contributed by atoms with Gasteiger partial charge in [0.15, 0.2) is 5.65 Å². The summed E-state index contributed by atoms with van der Waals surface area (Å²) in [5, 5.41) is 11.3. The first kappa shape index (κ1) is 21.6. The first-order valence-electron chi connectivity index (χ1n) is 11.2. The number of nitrogens with two attached hydrogens (primary N) is 1. The number of halogens is 1. The number of benzene rings is 1. The van der Waals surface area contributed by atoms with Crippen LogP contribution in [0.5, 0.6) is 0 Å². The number of morpholine rings is 1. The SMILES string of the molecule is NC1CCC(Nc2nc(Nc3ccc(CN4CCOCC4)cc3)n3ncc(Br)c3n2)CC1. The van der Waals surface area contributed by atoms with Crippen molar-refractivity contribution in [2.45, 2.75) is 44.3 Å². The van der Waals surface area contributed by atoms with E-state index in [4.69, 9.17) is 15.5 Å². The van der Waals surface area contributed by atoms with Crippen molar-refractivity contribution in [2.24, 2.45) is 5.73 Å². The summed E-state index contributed by atoms with van der Waals surface area (Å²) in [5.74, 6) is 1.22. The Bertz CT molecular complexity index is 1040. The van der Waals surface area contributed by atoms with Gasteiger partial charge in [0.05, 0.1) is 23.9 Å². The molecule has 1 aliphatic carbocycles. The van der Waals surface area contributed by atoms with Crippen LogP contribution in [0.3, 0.4) is 0 Å². The van der Waals surface area contributed by atoms with Crippen molar-refractivity contribution in [3.63, 3.8) is 0 Å². The zero-order valence-corrected chi connectivity index (χ0v) is 19.6. The van der Waals surface area contributed by atoms with Crippen LogP contribution >= 0.6 is 15.9 Å². The normalized spacial score (nSPS) is 22.2. The van der Waals surface area contributed by atoms with Crippen molar-refractivity contribution in [3.8, 4) is 0 Å². The van der Waals surface area contributed by atoms with E-state index in [1.807, 2.05) is 0 Å². The van der Waals surface area contributed by atoms with Crippen molar-refractivity contribution in [1.29, 1.82) is 0 Å². The minimum atomic E-state index is 0.309. The van der Waals surface area contributed by atoms with Gasteiger partial charge in [-0.1, -0.05) is 12.1 Å². The molecule has 2 aromatic heterocycles. The van der Waals surface area contributed by atoms with E-state index in [9.17, 15) is 0 Å². The van der Waals surface area contributed by atoms with Crippen LogP contribution < -0.4 is 16.4 Å². The molecule has 170 valence electrons. The molecular weight excluding hydrogens is 472 g/mol. The molecule has 1 aromatic carbocycles. The minimum Gasteiger partial charge on any atom is -0.379 e. The molecule has 9 nitrogen and oxygen atoms in total. The molecular formula is C22H29BrN8O. The molecule has 3 aromatic rings. The number of hydrogen-bond donors (Lipinski definition) is 3. The Morgan fingerprint density at radius 2 is 1.81 bits per heavy atom. The van der Waals surface area contributed by atoms with Gasteiger partial charge in [0.2, 0.25) is 11.9 Å². The first-order valence-corrected chi connectivity index (χ1v) is 12.0. The van der Waals surface area contributed by atoms with Crippen molar-refractivity contribution in [2.75, 3.05) is 36.9 Å². The predicted octanol–water partition coefficient (Wildman–Crippen LogP) is 3.14. The summed E-state index contributed by atoms with van der Waals surface area (Å²) in [4.78, 5) is 11.8. The second-order valence-corrected chi connectivity index (χ2v) is 9.42.